The Morgan fingerprint density at radius 2 is 1.20 bits per heavy atom. The lowest BCUT2D eigenvalue weighted by atomic mass is 9.91. The van der Waals surface area contributed by atoms with Crippen LogP contribution in [0.1, 0.15) is 29.5 Å². The molecule has 3 aromatic carbocycles. The average molecular weight is 325 g/mol. The summed E-state index contributed by atoms with van der Waals surface area (Å²) in [6.45, 7) is 2.07. The van der Waals surface area contributed by atoms with Crippen molar-refractivity contribution < 1.29 is 0 Å². The Labute approximate surface area is 150 Å². The molecular formula is C24H23N. The van der Waals surface area contributed by atoms with Crippen LogP contribution in [0, 0.1) is 0 Å². The molecule has 0 aromatic heterocycles. The first kappa shape index (κ1) is 15.7. The molecule has 1 heterocycles. The van der Waals surface area contributed by atoms with Gasteiger partial charge in [0.1, 0.15) is 0 Å². The second-order valence-electron chi connectivity index (χ2n) is 6.57. The van der Waals surface area contributed by atoms with Crippen LogP contribution in [0.3, 0.4) is 0 Å². The molecule has 4 rings (SSSR count). The normalized spacial score (nSPS) is 14.6. The maximum absolute atomic E-state index is 2.55. The van der Waals surface area contributed by atoms with Gasteiger partial charge in [0, 0.05) is 18.8 Å². The molecule has 0 bridgehead atoms. The van der Waals surface area contributed by atoms with E-state index in [4.69, 9.17) is 0 Å². The largest absolute Gasteiger partial charge is 0.366 e. The van der Waals surface area contributed by atoms with Gasteiger partial charge in [-0.3, -0.25) is 0 Å². The second-order valence-corrected chi connectivity index (χ2v) is 6.57. The molecule has 1 aliphatic rings. The van der Waals surface area contributed by atoms with Crippen molar-refractivity contribution in [1.82, 2.24) is 4.90 Å². The van der Waals surface area contributed by atoms with Gasteiger partial charge in [-0.25, -0.2) is 0 Å². The standard InChI is InChI=1S/C24H23N/c1-4-11-20(12-5-1)19-25-18-10-17-23(21-13-6-2-7-14-21)24(25)22-15-8-3-9-16-22/h1-9,11-16H,10,17-19H2. The number of benzene rings is 3. The highest BCUT2D eigenvalue weighted by Crippen LogP contribution is 2.37. The van der Waals surface area contributed by atoms with Crippen LogP contribution in [0.15, 0.2) is 91.0 Å². The molecule has 3 aromatic rings. The van der Waals surface area contributed by atoms with E-state index in [1.165, 1.54) is 34.4 Å². The summed E-state index contributed by atoms with van der Waals surface area (Å²) in [5.41, 5.74) is 6.89. The summed E-state index contributed by atoms with van der Waals surface area (Å²) in [5.74, 6) is 0. The molecule has 0 fully saturated rings. The summed E-state index contributed by atoms with van der Waals surface area (Å²) in [6, 6.07) is 32.5. The van der Waals surface area contributed by atoms with Gasteiger partial charge in [0.2, 0.25) is 0 Å². The van der Waals surface area contributed by atoms with Crippen molar-refractivity contribution in [1.29, 1.82) is 0 Å². The van der Waals surface area contributed by atoms with Crippen LogP contribution >= 0.6 is 0 Å². The van der Waals surface area contributed by atoms with Crippen molar-refractivity contribution in [2.75, 3.05) is 6.54 Å². The van der Waals surface area contributed by atoms with Crippen molar-refractivity contribution in [3.05, 3.63) is 108 Å². The molecule has 25 heavy (non-hydrogen) atoms. The number of nitrogens with zero attached hydrogens (tertiary/aromatic N) is 1. The van der Waals surface area contributed by atoms with Crippen molar-refractivity contribution in [2.24, 2.45) is 0 Å². The number of allylic oxidation sites excluding steroid dienone is 1. The first-order valence-corrected chi connectivity index (χ1v) is 9.05. The van der Waals surface area contributed by atoms with Crippen LogP contribution in [0.5, 0.6) is 0 Å². The molecule has 0 spiro atoms. The van der Waals surface area contributed by atoms with Gasteiger partial charge in [-0.15, -0.1) is 0 Å². The van der Waals surface area contributed by atoms with Crippen LogP contribution < -0.4 is 0 Å². The van der Waals surface area contributed by atoms with Crippen LogP contribution in [0.2, 0.25) is 0 Å². The Morgan fingerprint density at radius 3 is 1.84 bits per heavy atom. The van der Waals surface area contributed by atoms with Gasteiger partial charge < -0.3 is 4.90 Å². The first-order chi connectivity index (χ1) is 12.4. The fourth-order valence-electron chi connectivity index (χ4n) is 3.70. The molecule has 0 amide bonds. The molecule has 0 atom stereocenters. The Kier molecular flexibility index (Phi) is 4.65. The zero-order chi connectivity index (χ0) is 16.9. The van der Waals surface area contributed by atoms with Crippen molar-refractivity contribution >= 4 is 11.3 Å². The van der Waals surface area contributed by atoms with E-state index in [0.717, 1.165) is 19.5 Å². The molecule has 0 radical (unpaired) electrons. The molecule has 0 saturated carbocycles. The summed E-state index contributed by atoms with van der Waals surface area (Å²) in [7, 11) is 0. The van der Waals surface area contributed by atoms with Crippen LogP contribution in [-0.4, -0.2) is 11.4 Å². The van der Waals surface area contributed by atoms with Gasteiger partial charge in [-0.1, -0.05) is 91.0 Å². The van der Waals surface area contributed by atoms with E-state index in [-0.39, 0.29) is 0 Å². The Bertz CT molecular complexity index is 835. The van der Waals surface area contributed by atoms with Crippen molar-refractivity contribution in [2.45, 2.75) is 19.4 Å². The number of hydrogen-bond acceptors (Lipinski definition) is 1. The van der Waals surface area contributed by atoms with Gasteiger partial charge in [-0.05, 0) is 35.1 Å². The third-order valence-corrected chi connectivity index (χ3v) is 4.84. The highest BCUT2D eigenvalue weighted by atomic mass is 15.1. The monoisotopic (exact) mass is 325 g/mol. The van der Waals surface area contributed by atoms with E-state index >= 15 is 0 Å². The predicted molar refractivity (Wildman–Crippen MR) is 106 cm³/mol. The van der Waals surface area contributed by atoms with E-state index in [9.17, 15) is 0 Å². The van der Waals surface area contributed by atoms with Gasteiger partial charge >= 0.3 is 0 Å². The minimum absolute atomic E-state index is 0.960. The lowest BCUT2D eigenvalue weighted by Crippen LogP contribution is -2.27. The molecule has 1 heteroatoms. The second kappa shape index (κ2) is 7.40. The Balaban J connectivity index is 1.80. The average Bonchev–Trinajstić information content (AvgIpc) is 2.70. The molecular weight excluding hydrogens is 302 g/mol. The van der Waals surface area contributed by atoms with Crippen LogP contribution in [0.25, 0.3) is 11.3 Å². The summed E-state index contributed by atoms with van der Waals surface area (Å²) in [6.07, 6.45) is 2.34. The van der Waals surface area contributed by atoms with Gasteiger partial charge in [0.15, 0.2) is 0 Å². The maximum Gasteiger partial charge on any atom is 0.0481 e. The fraction of sp³-hybridized carbons (Fsp3) is 0.167. The summed E-state index contributed by atoms with van der Waals surface area (Å²) < 4.78 is 0. The molecule has 0 saturated heterocycles. The number of hydrogen-bond donors (Lipinski definition) is 0. The quantitative estimate of drug-likeness (QED) is 0.581. The molecule has 0 aliphatic carbocycles. The SMILES string of the molecule is c1ccc(CN2CCCC(c3ccccc3)=C2c2ccccc2)cc1. The topological polar surface area (TPSA) is 3.24 Å². The van der Waals surface area contributed by atoms with Gasteiger partial charge in [0.05, 0.1) is 0 Å². The third kappa shape index (κ3) is 3.51. The minimum Gasteiger partial charge on any atom is -0.366 e. The maximum atomic E-state index is 2.55. The third-order valence-electron chi connectivity index (χ3n) is 4.84. The van der Waals surface area contributed by atoms with E-state index in [0.29, 0.717) is 0 Å². The Morgan fingerprint density at radius 1 is 0.640 bits per heavy atom. The fourth-order valence-corrected chi connectivity index (χ4v) is 3.70. The van der Waals surface area contributed by atoms with Crippen LogP contribution in [0.4, 0.5) is 0 Å². The van der Waals surface area contributed by atoms with E-state index in [1.807, 2.05) is 0 Å². The van der Waals surface area contributed by atoms with Gasteiger partial charge in [-0.2, -0.15) is 0 Å². The summed E-state index contributed by atoms with van der Waals surface area (Å²) in [4.78, 5) is 2.55. The van der Waals surface area contributed by atoms with Gasteiger partial charge in [0.25, 0.3) is 0 Å². The lowest BCUT2D eigenvalue weighted by molar-refractivity contribution is 0.374. The molecule has 1 nitrogen and oxygen atoms in total. The van der Waals surface area contributed by atoms with E-state index < -0.39 is 0 Å². The molecule has 1 aliphatic heterocycles. The Hall–Kier alpha value is -2.80. The predicted octanol–water partition coefficient (Wildman–Crippen LogP) is 5.85. The van der Waals surface area contributed by atoms with Crippen molar-refractivity contribution in [3.8, 4) is 0 Å². The minimum atomic E-state index is 0.960. The molecule has 0 N–H and O–H groups in total. The zero-order valence-electron chi connectivity index (χ0n) is 14.4. The zero-order valence-corrected chi connectivity index (χ0v) is 14.4. The molecule has 0 unspecified atom stereocenters. The van der Waals surface area contributed by atoms with E-state index in [2.05, 4.69) is 95.9 Å². The summed E-state index contributed by atoms with van der Waals surface area (Å²) in [5, 5.41) is 0. The first-order valence-electron chi connectivity index (χ1n) is 9.05. The van der Waals surface area contributed by atoms with E-state index in [1.54, 1.807) is 0 Å². The van der Waals surface area contributed by atoms with Crippen LogP contribution in [-0.2, 0) is 6.54 Å². The van der Waals surface area contributed by atoms with Crippen molar-refractivity contribution in [3.63, 3.8) is 0 Å². The number of rotatable bonds is 4. The highest BCUT2D eigenvalue weighted by molar-refractivity contribution is 5.90. The highest BCUT2D eigenvalue weighted by Gasteiger charge is 2.22. The lowest BCUT2D eigenvalue weighted by Gasteiger charge is -2.34. The summed E-state index contributed by atoms with van der Waals surface area (Å²) >= 11 is 0. The smallest absolute Gasteiger partial charge is 0.0481 e. The molecule has 124 valence electrons.